The third-order valence-electron chi connectivity index (χ3n) is 3.10. The van der Waals surface area contributed by atoms with Gasteiger partial charge in [0.05, 0.1) is 11.4 Å². The Hall–Kier alpha value is -1.32. The SMILES string of the molecule is CC(C)(C)CC1CNc2cc(F)cc(F)c2NC1. The Balaban J connectivity index is 2.14. The second-order valence-corrected chi connectivity index (χ2v) is 6.20. The van der Waals surface area contributed by atoms with Crippen LogP contribution in [0.25, 0.3) is 0 Å². The molecule has 1 aliphatic rings. The molecule has 0 spiro atoms. The molecule has 0 fully saturated rings. The number of hydrogen-bond acceptors (Lipinski definition) is 2. The molecule has 0 amide bonds. The van der Waals surface area contributed by atoms with E-state index in [1.54, 1.807) is 0 Å². The summed E-state index contributed by atoms with van der Waals surface area (Å²) in [6, 6.07) is 2.25. The van der Waals surface area contributed by atoms with Crippen LogP contribution < -0.4 is 10.6 Å². The van der Waals surface area contributed by atoms with Crippen molar-refractivity contribution in [1.29, 1.82) is 0 Å². The molecule has 100 valence electrons. The molecule has 2 N–H and O–H groups in total. The van der Waals surface area contributed by atoms with E-state index in [9.17, 15) is 8.78 Å². The lowest BCUT2D eigenvalue weighted by Crippen LogP contribution is -2.24. The lowest BCUT2D eigenvalue weighted by molar-refractivity contribution is 0.310. The van der Waals surface area contributed by atoms with Crippen LogP contribution >= 0.6 is 0 Å². The summed E-state index contributed by atoms with van der Waals surface area (Å²) in [5, 5.41) is 6.23. The van der Waals surface area contributed by atoms with E-state index in [0.29, 0.717) is 23.8 Å². The average molecular weight is 254 g/mol. The smallest absolute Gasteiger partial charge is 0.151 e. The quantitative estimate of drug-likeness (QED) is 0.795. The third-order valence-corrected chi connectivity index (χ3v) is 3.10. The van der Waals surface area contributed by atoms with Gasteiger partial charge in [-0.15, -0.1) is 0 Å². The van der Waals surface area contributed by atoms with Crippen LogP contribution in [-0.4, -0.2) is 13.1 Å². The van der Waals surface area contributed by atoms with E-state index in [0.717, 1.165) is 19.0 Å². The van der Waals surface area contributed by atoms with Crippen molar-refractivity contribution in [3.63, 3.8) is 0 Å². The van der Waals surface area contributed by atoms with Gasteiger partial charge in [-0.2, -0.15) is 0 Å². The Labute approximate surface area is 107 Å². The molecule has 2 rings (SSSR count). The highest BCUT2D eigenvalue weighted by Crippen LogP contribution is 2.32. The van der Waals surface area contributed by atoms with Crippen molar-refractivity contribution in [2.24, 2.45) is 11.3 Å². The van der Waals surface area contributed by atoms with Gasteiger partial charge < -0.3 is 10.6 Å². The minimum atomic E-state index is -0.546. The molecule has 0 saturated carbocycles. The van der Waals surface area contributed by atoms with Gasteiger partial charge in [-0.1, -0.05) is 20.8 Å². The number of halogens is 2. The van der Waals surface area contributed by atoms with Gasteiger partial charge in [0.2, 0.25) is 0 Å². The Bertz CT molecular complexity index is 438. The Kier molecular flexibility index (Phi) is 3.46. The molecule has 4 heteroatoms. The van der Waals surface area contributed by atoms with Crippen molar-refractivity contribution in [2.45, 2.75) is 27.2 Å². The standard InChI is InChI=1S/C14H20F2N2/c1-14(2,3)6-9-7-17-12-5-10(15)4-11(16)13(12)18-8-9/h4-5,9,17-18H,6-8H2,1-3H3. The minimum absolute atomic E-state index is 0.231. The van der Waals surface area contributed by atoms with Crippen molar-refractivity contribution in [2.75, 3.05) is 23.7 Å². The number of anilines is 2. The van der Waals surface area contributed by atoms with Crippen LogP contribution in [0.5, 0.6) is 0 Å². The molecule has 1 aromatic rings. The number of nitrogens with one attached hydrogen (secondary N) is 2. The Morgan fingerprint density at radius 3 is 2.50 bits per heavy atom. The summed E-state index contributed by atoms with van der Waals surface area (Å²) in [5.41, 5.74) is 1.13. The van der Waals surface area contributed by atoms with Crippen LogP contribution in [0.4, 0.5) is 20.2 Å². The molecule has 2 nitrogen and oxygen atoms in total. The first-order valence-corrected chi connectivity index (χ1v) is 6.32. The highest BCUT2D eigenvalue weighted by atomic mass is 19.1. The fourth-order valence-electron chi connectivity index (χ4n) is 2.48. The van der Waals surface area contributed by atoms with Crippen LogP contribution in [0, 0.1) is 23.0 Å². The Morgan fingerprint density at radius 2 is 1.83 bits per heavy atom. The van der Waals surface area contributed by atoms with Gasteiger partial charge in [-0.05, 0) is 23.8 Å². The highest BCUT2D eigenvalue weighted by Gasteiger charge is 2.23. The predicted molar refractivity (Wildman–Crippen MR) is 70.9 cm³/mol. The van der Waals surface area contributed by atoms with Crippen molar-refractivity contribution in [3.05, 3.63) is 23.8 Å². The van der Waals surface area contributed by atoms with Gasteiger partial charge in [0.15, 0.2) is 5.82 Å². The van der Waals surface area contributed by atoms with E-state index >= 15 is 0 Å². The van der Waals surface area contributed by atoms with Crippen molar-refractivity contribution in [3.8, 4) is 0 Å². The van der Waals surface area contributed by atoms with Gasteiger partial charge in [0, 0.05) is 19.2 Å². The number of benzene rings is 1. The molecule has 0 aliphatic carbocycles. The maximum Gasteiger partial charge on any atom is 0.151 e. The van der Waals surface area contributed by atoms with Gasteiger partial charge in [0.25, 0.3) is 0 Å². The first kappa shape index (κ1) is 13.1. The van der Waals surface area contributed by atoms with Crippen LogP contribution in [0.1, 0.15) is 27.2 Å². The summed E-state index contributed by atoms with van der Waals surface area (Å²) in [6.45, 7) is 8.00. The van der Waals surface area contributed by atoms with E-state index in [2.05, 4.69) is 31.4 Å². The summed E-state index contributed by atoms with van der Waals surface area (Å²) in [7, 11) is 0. The van der Waals surface area contributed by atoms with Crippen molar-refractivity contribution in [1.82, 2.24) is 0 Å². The highest BCUT2D eigenvalue weighted by molar-refractivity contribution is 5.70. The largest absolute Gasteiger partial charge is 0.383 e. The summed E-state index contributed by atoms with van der Waals surface area (Å²) in [5.74, 6) is -0.677. The Morgan fingerprint density at radius 1 is 1.17 bits per heavy atom. The average Bonchev–Trinajstić information content (AvgIpc) is 2.39. The molecule has 1 atom stereocenters. The number of fused-ring (bicyclic) bond motifs is 1. The van der Waals surface area contributed by atoms with Gasteiger partial charge >= 0.3 is 0 Å². The van der Waals surface area contributed by atoms with Crippen LogP contribution in [-0.2, 0) is 0 Å². The molecule has 1 heterocycles. The molecular formula is C14H20F2N2. The lowest BCUT2D eigenvalue weighted by atomic mass is 9.84. The molecule has 18 heavy (non-hydrogen) atoms. The lowest BCUT2D eigenvalue weighted by Gasteiger charge is -2.25. The molecule has 0 radical (unpaired) electrons. The second kappa shape index (κ2) is 4.75. The minimum Gasteiger partial charge on any atom is -0.383 e. The van der Waals surface area contributed by atoms with Gasteiger partial charge in [-0.25, -0.2) is 8.78 Å². The topological polar surface area (TPSA) is 24.1 Å². The zero-order valence-corrected chi connectivity index (χ0v) is 11.1. The molecular weight excluding hydrogens is 234 g/mol. The fourth-order valence-corrected chi connectivity index (χ4v) is 2.48. The number of rotatable bonds is 1. The summed E-state index contributed by atoms with van der Waals surface area (Å²) < 4.78 is 26.8. The van der Waals surface area contributed by atoms with Crippen molar-refractivity contribution < 1.29 is 8.78 Å². The van der Waals surface area contributed by atoms with E-state index in [4.69, 9.17) is 0 Å². The monoisotopic (exact) mass is 254 g/mol. The summed E-state index contributed by atoms with van der Waals surface area (Å²) in [4.78, 5) is 0. The zero-order valence-electron chi connectivity index (χ0n) is 11.1. The normalized spacial score (nSPS) is 19.5. The molecule has 1 aliphatic heterocycles. The van der Waals surface area contributed by atoms with E-state index in [1.807, 2.05) is 0 Å². The van der Waals surface area contributed by atoms with Crippen LogP contribution in [0.2, 0.25) is 0 Å². The number of hydrogen-bond donors (Lipinski definition) is 2. The zero-order chi connectivity index (χ0) is 13.3. The van der Waals surface area contributed by atoms with Crippen LogP contribution in [0.3, 0.4) is 0 Å². The first-order chi connectivity index (χ1) is 8.35. The second-order valence-electron chi connectivity index (χ2n) is 6.20. The summed E-state index contributed by atoms with van der Waals surface area (Å²) >= 11 is 0. The van der Waals surface area contributed by atoms with E-state index in [1.165, 1.54) is 6.07 Å². The summed E-state index contributed by atoms with van der Waals surface area (Å²) in [6.07, 6.45) is 1.03. The first-order valence-electron chi connectivity index (χ1n) is 6.32. The van der Waals surface area contributed by atoms with Gasteiger partial charge in [-0.3, -0.25) is 0 Å². The van der Waals surface area contributed by atoms with Crippen molar-refractivity contribution >= 4 is 11.4 Å². The molecule has 1 aromatic carbocycles. The molecule has 0 bridgehead atoms. The van der Waals surface area contributed by atoms with Gasteiger partial charge in [0.1, 0.15) is 5.82 Å². The third kappa shape index (κ3) is 3.12. The molecule has 0 saturated heterocycles. The predicted octanol–water partition coefficient (Wildman–Crippen LogP) is 3.85. The maximum absolute atomic E-state index is 13.6. The molecule has 0 aromatic heterocycles. The van der Waals surface area contributed by atoms with Crippen LogP contribution in [0.15, 0.2) is 12.1 Å². The molecule has 1 unspecified atom stereocenters. The maximum atomic E-state index is 13.6. The fraction of sp³-hybridized carbons (Fsp3) is 0.571. The van der Waals surface area contributed by atoms with E-state index < -0.39 is 11.6 Å². The van der Waals surface area contributed by atoms with E-state index in [-0.39, 0.29) is 5.41 Å².